The lowest BCUT2D eigenvalue weighted by Gasteiger charge is -2.17. The number of hydrogen-bond donors (Lipinski definition) is 0. The first-order chi connectivity index (χ1) is 10.3. The highest BCUT2D eigenvalue weighted by Gasteiger charge is 2.10. The lowest BCUT2D eigenvalue weighted by atomic mass is 9.88. The van der Waals surface area contributed by atoms with Crippen LogP contribution in [0.15, 0.2) is 90.6 Å². The smallest absolute Gasteiger partial charge is 0.00227 e. The second-order valence-corrected chi connectivity index (χ2v) is 5.53. The zero-order chi connectivity index (χ0) is 14.7. The first-order valence-electron chi connectivity index (χ1n) is 7.46. The second kappa shape index (κ2) is 5.97. The molecule has 0 unspecified atom stereocenters. The number of benzene rings is 2. The third kappa shape index (κ3) is 2.90. The zero-order valence-electron chi connectivity index (χ0n) is 12.3. The number of hydrogen-bond acceptors (Lipinski definition) is 0. The molecule has 3 rings (SSSR count). The third-order valence-corrected chi connectivity index (χ3v) is 4.11. The van der Waals surface area contributed by atoms with Crippen molar-refractivity contribution in [3.63, 3.8) is 0 Å². The molecule has 0 aliphatic heterocycles. The topological polar surface area (TPSA) is 0 Å². The predicted molar refractivity (Wildman–Crippen MR) is 92.4 cm³/mol. The van der Waals surface area contributed by atoms with Crippen LogP contribution in [0, 0.1) is 0 Å². The zero-order valence-corrected chi connectivity index (χ0v) is 12.3. The van der Waals surface area contributed by atoms with Gasteiger partial charge in [0.1, 0.15) is 0 Å². The highest BCUT2D eigenvalue weighted by Crippen LogP contribution is 2.28. The molecular formula is C21H20. The summed E-state index contributed by atoms with van der Waals surface area (Å²) < 4.78 is 0. The Balaban J connectivity index is 1.96. The average Bonchev–Trinajstić information content (AvgIpc) is 2.54. The van der Waals surface area contributed by atoms with E-state index in [4.69, 9.17) is 0 Å². The standard InChI is InChI=1S/C21H20/c1-3-16(2)21-11-7-6-10-20(21)15-17-12-13-18-8-4-5-9-19(18)14-17/h3-6,8-10,12-14H,1-2,7,11,15H2. The summed E-state index contributed by atoms with van der Waals surface area (Å²) >= 11 is 0. The molecule has 0 saturated heterocycles. The minimum atomic E-state index is 0.962. The quantitative estimate of drug-likeness (QED) is 0.620. The van der Waals surface area contributed by atoms with E-state index in [2.05, 4.69) is 67.8 Å². The summed E-state index contributed by atoms with van der Waals surface area (Å²) in [5.74, 6) is 0. The molecule has 0 nitrogen and oxygen atoms in total. The van der Waals surface area contributed by atoms with Crippen LogP contribution in [0.2, 0.25) is 0 Å². The van der Waals surface area contributed by atoms with Crippen LogP contribution < -0.4 is 0 Å². The van der Waals surface area contributed by atoms with Crippen molar-refractivity contribution in [2.75, 3.05) is 0 Å². The van der Waals surface area contributed by atoms with E-state index < -0.39 is 0 Å². The molecular weight excluding hydrogens is 252 g/mol. The second-order valence-electron chi connectivity index (χ2n) is 5.53. The van der Waals surface area contributed by atoms with Gasteiger partial charge in [-0.1, -0.05) is 73.9 Å². The largest absolute Gasteiger partial charge is 0.0985 e. The molecule has 0 atom stereocenters. The van der Waals surface area contributed by atoms with Crippen molar-refractivity contribution in [1.29, 1.82) is 0 Å². The van der Waals surface area contributed by atoms with Crippen LogP contribution in [-0.2, 0) is 6.42 Å². The van der Waals surface area contributed by atoms with Crippen molar-refractivity contribution in [3.05, 3.63) is 96.1 Å². The summed E-state index contributed by atoms with van der Waals surface area (Å²) in [6.07, 6.45) is 9.52. The van der Waals surface area contributed by atoms with Crippen molar-refractivity contribution < 1.29 is 0 Å². The van der Waals surface area contributed by atoms with Crippen molar-refractivity contribution >= 4 is 10.8 Å². The molecule has 1 aliphatic carbocycles. The van der Waals surface area contributed by atoms with Gasteiger partial charge in [0.2, 0.25) is 0 Å². The third-order valence-electron chi connectivity index (χ3n) is 4.11. The van der Waals surface area contributed by atoms with Gasteiger partial charge in [0, 0.05) is 0 Å². The summed E-state index contributed by atoms with van der Waals surface area (Å²) in [6.45, 7) is 7.99. The molecule has 104 valence electrons. The van der Waals surface area contributed by atoms with Gasteiger partial charge in [-0.05, 0) is 52.3 Å². The maximum atomic E-state index is 4.13. The first kappa shape index (κ1) is 13.6. The van der Waals surface area contributed by atoms with Gasteiger partial charge >= 0.3 is 0 Å². The van der Waals surface area contributed by atoms with Crippen molar-refractivity contribution in [3.8, 4) is 0 Å². The van der Waals surface area contributed by atoms with Crippen LogP contribution >= 0.6 is 0 Å². The Bertz CT molecular complexity index is 756. The SMILES string of the molecule is C=CC(=C)C1=C(Cc2ccc3ccccc3c2)C=CCC1. The Morgan fingerprint density at radius 3 is 2.71 bits per heavy atom. The van der Waals surface area contributed by atoms with E-state index in [-0.39, 0.29) is 0 Å². The maximum Gasteiger partial charge on any atom is -0.00227 e. The van der Waals surface area contributed by atoms with Gasteiger partial charge in [0.15, 0.2) is 0 Å². The van der Waals surface area contributed by atoms with E-state index >= 15 is 0 Å². The fraction of sp³-hybridized carbons (Fsp3) is 0.143. The van der Waals surface area contributed by atoms with E-state index in [1.54, 1.807) is 0 Å². The van der Waals surface area contributed by atoms with Gasteiger partial charge in [-0.15, -0.1) is 0 Å². The van der Waals surface area contributed by atoms with Crippen molar-refractivity contribution in [1.82, 2.24) is 0 Å². The molecule has 0 amide bonds. The fourth-order valence-corrected chi connectivity index (χ4v) is 2.94. The van der Waals surface area contributed by atoms with Gasteiger partial charge in [-0.25, -0.2) is 0 Å². The van der Waals surface area contributed by atoms with Gasteiger partial charge in [-0.3, -0.25) is 0 Å². The molecule has 0 N–H and O–H groups in total. The van der Waals surface area contributed by atoms with E-state index in [0.717, 1.165) is 24.8 Å². The van der Waals surface area contributed by atoms with Crippen LogP contribution in [0.25, 0.3) is 10.8 Å². The summed E-state index contributed by atoms with van der Waals surface area (Å²) in [4.78, 5) is 0. The highest BCUT2D eigenvalue weighted by molar-refractivity contribution is 5.83. The molecule has 0 spiro atoms. The van der Waals surface area contributed by atoms with E-state index in [1.807, 2.05) is 6.08 Å². The lowest BCUT2D eigenvalue weighted by molar-refractivity contribution is 0.938. The maximum absolute atomic E-state index is 4.13. The first-order valence-corrected chi connectivity index (χ1v) is 7.46. The fourth-order valence-electron chi connectivity index (χ4n) is 2.94. The van der Waals surface area contributed by atoms with Gasteiger partial charge in [-0.2, -0.15) is 0 Å². The number of allylic oxidation sites excluding steroid dienone is 6. The van der Waals surface area contributed by atoms with Gasteiger partial charge in [0.25, 0.3) is 0 Å². The van der Waals surface area contributed by atoms with Gasteiger partial charge < -0.3 is 0 Å². The predicted octanol–water partition coefficient (Wildman–Crippen LogP) is 5.77. The van der Waals surface area contributed by atoms with Crippen molar-refractivity contribution in [2.45, 2.75) is 19.3 Å². The molecule has 2 aromatic carbocycles. The molecule has 0 bridgehead atoms. The summed E-state index contributed by atoms with van der Waals surface area (Å²) in [5, 5.41) is 2.60. The normalized spacial score (nSPS) is 14.5. The molecule has 0 heterocycles. The van der Waals surface area contributed by atoms with Crippen LogP contribution in [0.5, 0.6) is 0 Å². The molecule has 0 radical (unpaired) electrons. The Morgan fingerprint density at radius 2 is 1.90 bits per heavy atom. The Hall–Kier alpha value is -2.34. The van der Waals surface area contributed by atoms with E-state index in [0.29, 0.717) is 0 Å². The van der Waals surface area contributed by atoms with Crippen LogP contribution in [0.4, 0.5) is 0 Å². The van der Waals surface area contributed by atoms with E-state index in [1.165, 1.54) is 27.5 Å². The Labute approximate surface area is 126 Å². The molecule has 21 heavy (non-hydrogen) atoms. The van der Waals surface area contributed by atoms with Crippen LogP contribution in [-0.4, -0.2) is 0 Å². The monoisotopic (exact) mass is 272 g/mol. The van der Waals surface area contributed by atoms with Gasteiger partial charge in [0.05, 0.1) is 0 Å². The summed E-state index contributed by atoms with van der Waals surface area (Å²) in [7, 11) is 0. The highest BCUT2D eigenvalue weighted by atomic mass is 14.2. The lowest BCUT2D eigenvalue weighted by Crippen LogP contribution is -2.00. The number of rotatable bonds is 4. The number of fused-ring (bicyclic) bond motifs is 1. The Morgan fingerprint density at radius 1 is 1.10 bits per heavy atom. The van der Waals surface area contributed by atoms with Crippen LogP contribution in [0.1, 0.15) is 18.4 Å². The molecule has 1 aliphatic rings. The molecule has 0 saturated carbocycles. The minimum Gasteiger partial charge on any atom is -0.0985 e. The molecule has 0 fully saturated rings. The molecule has 0 aromatic heterocycles. The molecule has 0 heteroatoms. The Kier molecular flexibility index (Phi) is 3.87. The minimum absolute atomic E-state index is 0.962. The average molecular weight is 272 g/mol. The van der Waals surface area contributed by atoms with Crippen LogP contribution in [0.3, 0.4) is 0 Å². The van der Waals surface area contributed by atoms with Crippen molar-refractivity contribution in [2.24, 2.45) is 0 Å². The summed E-state index contributed by atoms with van der Waals surface area (Å²) in [6, 6.07) is 15.2. The summed E-state index contributed by atoms with van der Waals surface area (Å²) in [5.41, 5.74) is 5.15. The van der Waals surface area contributed by atoms with E-state index in [9.17, 15) is 0 Å². The molecule has 2 aromatic rings.